The number of hydrogen-bond acceptors (Lipinski definition) is 4. The molecule has 1 amide bonds. The molecule has 1 aliphatic heterocycles. The summed E-state index contributed by atoms with van der Waals surface area (Å²) in [6, 6.07) is 9.74. The lowest BCUT2D eigenvalue weighted by Crippen LogP contribution is -2.24. The van der Waals surface area contributed by atoms with Gasteiger partial charge in [0.05, 0.1) is 10.8 Å². The van der Waals surface area contributed by atoms with E-state index in [4.69, 9.17) is 21.1 Å². The van der Waals surface area contributed by atoms with E-state index in [0.717, 1.165) is 11.1 Å². The minimum Gasteiger partial charge on any atom is -0.454 e. The van der Waals surface area contributed by atoms with Crippen LogP contribution in [0.2, 0.25) is 5.02 Å². The molecule has 0 fully saturated rings. The minimum absolute atomic E-state index is 0.0730. The van der Waals surface area contributed by atoms with Crippen molar-refractivity contribution in [3.63, 3.8) is 0 Å². The highest BCUT2D eigenvalue weighted by Crippen LogP contribution is 2.40. The van der Waals surface area contributed by atoms with Gasteiger partial charge in [0.25, 0.3) is 0 Å². The van der Waals surface area contributed by atoms with E-state index in [0.29, 0.717) is 34.6 Å². The number of rotatable bonds is 6. The highest BCUT2D eigenvalue weighted by atomic mass is 35.5. The first-order valence-corrected chi connectivity index (χ1v) is 8.82. The first-order valence-electron chi connectivity index (χ1n) is 7.29. The SMILES string of the molecule is O=C(CSCc1cc(Cl)c2c(c1)OCO2)NCc1ccc(F)cc1. The van der Waals surface area contributed by atoms with Crippen LogP contribution in [0, 0.1) is 5.82 Å². The number of benzene rings is 2. The summed E-state index contributed by atoms with van der Waals surface area (Å²) in [7, 11) is 0. The molecule has 0 saturated heterocycles. The van der Waals surface area contributed by atoms with E-state index in [2.05, 4.69) is 5.32 Å². The number of fused-ring (bicyclic) bond motifs is 1. The van der Waals surface area contributed by atoms with Crippen LogP contribution in [0.5, 0.6) is 11.5 Å². The summed E-state index contributed by atoms with van der Waals surface area (Å²) < 4.78 is 23.4. The van der Waals surface area contributed by atoms with Crippen molar-refractivity contribution in [1.82, 2.24) is 5.32 Å². The third kappa shape index (κ3) is 4.33. The second kappa shape index (κ2) is 7.77. The first kappa shape index (κ1) is 16.9. The molecule has 2 aromatic rings. The van der Waals surface area contributed by atoms with Gasteiger partial charge in [-0.15, -0.1) is 11.8 Å². The molecule has 0 aliphatic carbocycles. The van der Waals surface area contributed by atoms with Gasteiger partial charge in [-0.25, -0.2) is 4.39 Å². The van der Waals surface area contributed by atoms with E-state index >= 15 is 0 Å². The van der Waals surface area contributed by atoms with Crippen molar-refractivity contribution in [2.75, 3.05) is 12.5 Å². The predicted molar refractivity (Wildman–Crippen MR) is 92.0 cm³/mol. The van der Waals surface area contributed by atoms with Gasteiger partial charge >= 0.3 is 0 Å². The monoisotopic (exact) mass is 367 g/mol. The van der Waals surface area contributed by atoms with Crippen molar-refractivity contribution >= 4 is 29.3 Å². The Morgan fingerprint density at radius 1 is 1.21 bits per heavy atom. The molecule has 126 valence electrons. The molecule has 0 spiro atoms. The zero-order valence-corrected chi connectivity index (χ0v) is 14.3. The van der Waals surface area contributed by atoms with Gasteiger partial charge in [0.2, 0.25) is 12.7 Å². The average molecular weight is 368 g/mol. The molecular formula is C17H15ClFNO3S. The average Bonchev–Trinajstić information content (AvgIpc) is 3.03. The number of nitrogens with one attached hydrogen (secondary N) is 1. The maximum absolute atomic E-state index is 12.8. The topological polar surface area (TPSA) is 47.6 Å². The van der Waals surface area contributed by atoms with E-state index in [1.807, 2.05) is 12.1 Å². The molecule has 1 heterocycles. The van der Waals surface area contributed by atoms with E-state index in [1.54, 1.807) is 12.1 Å². The Hall–Kier alpha value is -1.92. The first-order chi connectivity index (χ1) is 11.6. The Bertz CT molecular complexity index is 739. The quantitative estimate of drug-likeness (QED) is 0.844. The lowest BCUT2D eigenvalue weighted by atomic mass is 10.2. The highest BCUT2D eigenvalue weighted by Gasteiger charge is 2.18. The maximum Gasteiger partial charge on any atom is 0.231 e. The predicted octanol–water partition coefficient (Wildman–Crippen LogP) is 3.76. The second-order valence-corrected chi connectivity index (χ2v) is 6.60. The Morgan fingerprint density at radius 2 is 2.00 bits per heavy atom. The number of carbonyl (C=O) groups is 1. The van der Waals surface area contributed by atoms with Crippen LogP contribution in [-0.4, -0.2) is 18.5 Å². The molecule has 24 heavy (non-hydrogen) atoms. The van der Waals surface area contributed by atoms with Crippen molar-refractivity contribution in [3.8, 4) is 11.5 Å². The lowest BCUT2D eigenvalue weighted by molar-refractivity contribution is -0.118. The molecule has 7 heteroatoms. The number of halogens is 2. The molecule has 0 radical (unpaired) electrons. The molecule has 1 aliphatic rings. The summed E-state index contributed by atoms with van der Waals surface area (Å²) in [5, 5.41) is 3.32. The number of ether oxygens (including phenoxy) is 2. The van der Waals surface area contributed by atoms with Gasteiger partial charge in [-0.1, -0.05) is 23.7 Å². The molecule has 4 nitrogen and oxygen atoms in total. The molecule has 0 bridgehead atoms. The van der Waals surface area contributed by atoms with Crippen LogP contribution in [-0.2, 0) is 17.1 Å². The third-order valence-electron chi connectivity index (χ3n) is 3.39. The molecule has 0 aromatic heterocycles. The fourth-order valence-corrected chi connectivity index (χ4v) is 3.30. The molecular weight excluding hydrogens is 353 g/mol. The Kier molecular flexibility index (Phi) is 5.48. The summed E-state index contributed by atoms with van der Waals surface area (Å²) in [5.74, 6) is 1.81. The number of thioether (sulfide) groups is 1. The van der Waals surface area contributed by atoms with Crippen LogP contribution in [0.25, 0.3) is 0 Å². The van der Waals surface area contributed by atoms with Gasteiger partial charge in [0.15, 0.2) is 11.5 Å². The van der Waals surface area contributed by atoms with E-state index < -0.39 is 0 Å². The highest BCUT2D eigenvalue weighted by molar-refractivity contribution is 7.99. The number of carbonyl (C=O) groups excluding carboxylic acids is 1. The summed E-state index contributed by atoms with van der Waals surface area (Å²) >= 11 is 7.60. The van der Waals surface area contributed by atoms with Crippen LogP contribution in [0.4, 0.5) is 4.39 Å². The summed E-state index contributed by atoms with van der Waals surface area (Å²) in [6.07, 6.45) is 0. The lowest BCUT2D eigenvalue weighted by Gasteiger charge is -2.07. The largest absolute Gasteiger partial charge is 0.454 e. The van der Waals surface area contributed by atoms with Gasteiger partial charge < -0.3 is 14.8 Å². The van der Waals surface area contributed by atoms with Crippen molar-refractivity contribution in [2.24, 2.45) is 0 Å². The van der Waals surface area contributed by atoms with Crippen molar-refractivity contribution in [2.45, 2.75) is 12.3 Å². The van der Waals surface area contributed by atoms with Gasteiger partial charge in [0.1, 0.15) is 5.82 Å². The fourth-order valence-electron chi connectivity index (χ4n) is 2.22. The normalized spacial score (nSPS) is 12.2. The van der Waals surface area contributed by atoms with E-state index in [1.165, 1.54) is 23.9 Å². The van der Waals surface area contributed by atoms with Crippen molar-refractivity contribution in [3.05, 3.63) is 58.4 Å². The van der Waals surface area contributed by atoms with Gasteiger partial charge in [-0.05, 0) is 35.4 Å². The van der Waals surface area contributed by atoms with Gasteiger partial charge in [0, 0.05) is 12.3 Å². The molecule has 0 unspecified atom stereocenters. The van der Waals surface area contributed by atoms with Gasteiger partial charge in [-0.3, -0.25) is 4.79 Å². The maximum atomic E-state index is 12.8. The molecule has 3 rings (SSSR count). The van der Waals surface area contributed by atoms with Gasteiger partial charge in [-0.2, -0.15) is 0 Å². The molecule has 1 N–H and O–H groups in total. The summed E-state index contributed by atoms with van der Waals surface area (Å²) in [4.78, 5) is 11.9. The zero-order valence-electron chi connectivity index (χ0n) is 12.7. The molecule has 0 atom stereocenters. The Balaban J connectivity index is 1.44. The van der Waals surface area contributed by atoms with Crippen LogP contribution >= 0.6 is 23.4 Å². The number of hydrogen-bond donors (Lipinski definition) is 1. The van der Waals surface area contributed by atoms with Crippen LogP contribution in [0.1, 0.15) is 11.1 Å². The Labute approximate surface area is 148 Å². The van der Waals surface area contributed by atoms with Crippen molar-refractivity contribution in [1.29, 1.82) is 0 Å². The van der Waals surface area contributed by atoms with E-state index in [9.17, 15) is 9.18 Å². The Morgan fingerprint density at radius 3 is 2.79 bits per heavy atom. The molecule has 2 aromatic carbocycles. The third-order valence-corrected chi connectivity index (χ3v) is 4.68. The van der Waals surface area contributed by atoms with Crippen molar-refractivity contribution < 1.29 is 18.7 Å². The van der Waals surface area contributed by atoms with Crippen LogP contribution < -0.4 is 14.8 Å². The standard InChI is InChI=1S/C17H15ClFNO3S/c18-14-5-12(6-15-17(14)23-10-22-15)8-24-9-16(21)20-7-11-1-3-13(19)4-2-11/h1-6H,7-10H2,(H,20,21). The summed E-state index contributed by atoms with van der Waals surface area (Å²) in [5.41, 5.74) is 1.83. The fraction of sp³-hybridized carbons (Fsp3) is 0.235. The number of amides is 1. The molecule has 0 saturated carbocycles. The van der Waals surface area contributed by atoms with Crippen LogP contribution in [0.15, 0.2) is 36.4 Å². The second-order valence-electron chi connectivity index (χ2n) is 5.21. The minimum atomic E-state index is -0.289. The summed E-state index contributed by atoms with van der Waals surface area (Å²) in [6.45, 7) is 0.562. The van der Waals surface area contributed by atoms with E-state index in [-0.39, 0.29) is 18.5 Å². The smallest absolute Gasteiger partial charge is 0.231 e. The van der Waals surface area contributed by atoms with Crippen LogP contribution in [0.3, 0.4) is 0 Å². The zero-order chi connectivity index (χ0) is 16.9.